The third-order valence-corrected chi connectivity index (χ3v) is 3.59. The van der Waals surface area contributed by atoms with Crippen LogP contribution < -0.4 is 0 Å². The van der Waals surface area contributed by atoms with Crippen molar-refractivity contribution in [2.45, 2.75) is 44.2 Å². The summed E-state index contributed by atoms with van der Waals surface area (Å²) in [5, 5.41) is 17.3. The van der Waals surface area contributed by atoms with Crippen LogP contribution >= 0.6 is 0 Å². The van der Waals surface area contributed by atoms with Crippen molar-refractivity contribution in [1.82, 2.24) is 0 Å². The zero-order valence-corrected chi connectivity index (χ0v) is 8.57. The second-order valence-electron chi connectivity index (χ2n) is 4.47. The molecule has 0 bridgehead atoms. The van der Waals surface area contributed by atoms with E-state index in [0.717, 1.165) is 12.8 Å². The van der Waals surface area contributed by atoms with Gasteiger partial charge < -0.3 is 5.11 Å². The van der Waals surface area contributed by atoms with Gasteiger partial charge in [-0.1, -0.05) is 0 Å². The number of terminal acetylenes is 1. The van der Waals surface area contributed by atoms with Crippen LogP contribution in [0.2, 0.25) is 0 Å². The first-order valence-corrected chi connectivity index (χ1v) is 5.23. The summed E-state index contributed by atoms with van der Waals surface area (Å²) >= 11 is 0. The van der Waals surface area contributed by atoms with Crippen LogP contribution in [-0.4, -0.2) is 16.7 Å². The topological polar surface area (TPSA) is 62.0 Å². The molecule has 0 aromatic heterocycles. The van der Waals surface area contributed by atoms with Crippen molar-refractivity contribution >= 4 is 5.97 Å². The van der Waals surface area contributed by atoms with Crippen LogP contribution in [0.5, 0.6) is 0 Å². The Morgan fingerprint density at radius 3 is 2.33 bits per heavy atom. The highest BCUT2D eigenvalue weighted by molar-refractivity contribution is 5.74. The van der Waals surface area contributed by atoms with Crippen LogP contribution in [0.15, 0.2) is 10.2 Å². The highest BCUT2D eigenvalue weighted by Gasteiger charge is 2.51. The zero-order chi connectivity index (χ0) is 10.9. The smallest absolute Gasteiger partial charge is 0.309 e. The molecule has 1 N–H and O–H groups in total. The SMILES string of the molecule is C#CCCC1(C(=O)O)CCC2(CC1)N=N2. The number of carboxylic acid groups (broad SMARTS) is 1. The molecule has 4 heteroatoms. The molecule has 0 saturated heterocycles. The molecule has 0 amide bonds. The first-order chi connectivity index (χ1) is 7.13. The van der Waals surface area contributed by atoms with E-state index in [9.17, 15) is 9.90 Å². The summed E-state index contributed by atoms with van der Waals surface area (Å²) < 4.78 is 0. The van der Waals surface area contributed by atoms with Gasteiger partial charge in [-0.2, -0.15) is 10.2 Å². The van der Waals surface area contributed by atoms with E-state index in [1.807, 2.05) is 0 Å². The molecule has 1 heterocycles. The maximum absolute atomic E-state index is 11.3. The van der Waals surface area contributed by atoms with Gasteiger partial charge in [0, 0.05) is 6.42 Å². The van der Waals surface area contributed by atoms with E-state index in [4.69, 9.17) is 6.42 Å². The van der Waals surface area contributed by atoms with Crippen LogP contribution in [0.3, 0.4) is 0 Å². The van der Waals surface area contributed by atoms with Gasteiger partial charge in [0.1, 0.15) is 0 Å². The van der Waals surface area contributed by atoms with Gasteiger partial charge in [-0.15, -0.1) is 12.3 Å². The fourth-order valence-corrected chi connectivity index (χ4v) is 2.28. The summed E-state index contributed by atoms with van der Waals surface area (Å²) in [4.78, 5) is 11.3. The fourth-order valence-electron chi connectivity index (χ4n) is 2.28. The van der Waals surface area contributed by atoms with Crippen LogP contribution in [0.25, 0.3) is 0 Å². The van der Waals surface area contributed by atoms with Gasteiger partial charge in [0.05, 0.1) is 5.41 Å². The van der Waals surface area contributed by atoms with Crippen LogP contribution in [0.1, 0.15) is 38.5 Å². The number of rotatable bonds is 3. The van der Waals surface area contributed by atoms with Crippen molar-refractivity contribution < 1.29 is 9.90 Å². The summed E-state index contributed by atoms with van der Waals surface area (Å²) in [7, 11) is 0. The van der Waals surface area contributed by atoms with Crippen LogP contribution in [0, 0.1) is 17.8 Å². The molecule has 2 aliphatic rings. The lowest BCUT2D eigenvalue weighted by Gasteiger charge is -2.34. The third kappa shape index (κ3) is 1.74. The quantitative estimate of drug-likeness (QED) is 0.719. The second kappa shape index (κ2) is 3.34. The van der Waals surface area contributed by atoms with Crippen molar-refractivity contribution in [2.75, 3.05) is 0 Å². The molecule has 0 aromatic carbocycles. The summed E-state index contributed by atoms with van der Waals surface area (Å²) in [6, 6.07) is 0. The van der Waals surface area contributed by atoms with E-state index in [1.54, 1.807) is 0 Å². The van der Waals surface area contributed by atoms with Crippen molar-refractivity contribution in [1.29, 1.82) is 0 Å². The van der Waals surface area contributed by atoms with Crippen LogP contribution in [-0.2, 0) is 4.79 Å². The number of nitrogens with zero attached hydrogens (tertiary/aromatic N) is 2. The average Bonchev–Trinajstić information content (AvgIpc) is 2.98. The molecule has 0 unspecified atom stereocenters. The Morgan fingerprint density at radius 2 is 1.93 bits per heavy atom. The van der Waals surface area contributed by atoms with E-state index < -0.39 is 11.4 Å². The minimum Gasteiger partial charge on any atom is -0.481 e. The average molecular weight is 206 g/mol. The normalized spacial score (nSPS) is 24.7. The first-order valence-electron chi connectivity index (χ1n) is 5.23. The van der Waals surface area contributed by atoms with Gasteiger partial charge in [0.2, 0.25) is 0 Å². The molecular formula is C11H14N2O2. The minimum absolute atomic E-state index is 0.199. The molecule has 4 nitrogen and oxygen atoms in total. The summed E-state index contributed by atoms with van der Waals surface area (Å²) in [5.41, 5.74) is -0.819. The number of hydrogen-bond donors (Lipinski definition) is 1. The Balaban J connectivity index is 2.01. The monoisotopic (exact) mass is 206 g/mol. The highest BCUT2D eigenvalue weighted by atomic mass is 16.4. The largest absolute Gasteiger partial charge is 0.481 e. The Labute approximate surface area is 88.8 Å². The number of hydrogen-bond acceptors (Lipinski definition) is 3. The predicted molar refractivity (Wildman–Crippen MR) is 54.2 cm³/mol. The maximum atomic E-state index is 11.3. The summed E-state index contributed by atoms with van der Waals surface area (Å²) in [6.07, 6.45) is 9.14. The number of carboxylic acids is 1. The Morgan fingerprint density at radius 1 is 1.33 bits per heavy atom. The molecule has 0 aromatic rings. The van der Waals surface area contributed by atoms with Gasteiger partial charge in [-0.3, -0.25) is 4.79 Å². The molecule has 1 spiro atoms. The lowest BCUT2D eigenvalue weighted by Crippen LogP contribution is -2.37. The molecule has 0 atom stereocenters. The summed E-state index contributed by atoms with van der Waals surface area (Å²) in [6.45, 7) is 0. The Hall–Kier alpha value is -1.37. The van der Waals surface area contributed by atoms with Crippen molar-refractivity contribution in [2.24, 2.45) is 15.6 Å². The van der Waals surface area contributed by atoms with Gasteiger partial charge in [0.25, 0.3) is 0 Å². The highest BCUT2D eigenvalue weighted by Crippen LogP contribution is 2.50. The van der Waals surface area contributed by atoms with Crippen molar-refractivity contribution in [3.63, 3.8) is 0 Å². The van der Waals surface area contributed by atoms with Gasteiger partial charge in [0.15, 0.2) is 5.66 Å². The lowest BCUT2D eigenvalue weighted by atomic mass is 9.69. The molecular weight excluding hydrogens is 192 g/mol. The van der Waals surface area contributed by atoms with E-state index in [2.05, 4.69) is 16.1 Å². The molecule has 2 rings (SSSR count). The first kappa shape index (κ1) is 10.2. The van der Waals surface area contributed by atoms with E-state index in [-0.39, 0.29) is 5.66 Å². The van der Waals surface area contributed by atoms with Gasteiger partial charge in [-0.25, -0.2) is 0 Å². The Kier molecular flexibility index (Phi) is 2.26. The molecule has 1 aliphatic heterocycles. The summed E-state index contributed by atoms with van der Waals surface area (Å²) in [5.74, 6) is 1.81. The lowest BCUT2D eigenvalue weighted by molar-refractivity contribution is -0.151. The van der Waals surface area contributed by atoms with Crippen molar-refractivity contribution in [3.8, 4) is 12.3 Å². The predicted octanol–water partition coefficient (Wildman–Crippen LogP) is 2.21. The Bertz CT molecular complexity index is 338. The van der Waals surface area contributed by atoms with Crippen molar-refractivity contribution in [3.05, 3.63) is 0 Å². The molecule has 1 fully saturated rings. The molecule has 15 heavy (non-hydrogen) atoms. The van der Waals surface area contributed by atoms with Gasteiger partial charge in [-0.05, 0) is 32.1 Å². The molecule has 0 radical (unpaired) electrons. The molecule has 80 valence electrons. The number of carbonyl (C=O) groups is 1. The third-order valence-electron chi connectivity index (χ3n) is 3.59. The van der Waals surface area contributed by atoms with E-state index >= 15 is 0 Å². The fraction of sp³-hybridized carbons (Fsp3) is 0.727. The zero-order valence-electron chi connectivity index (χ0n) is 8.57. The second-order valence-corrected chi connectivity index (χ2v) is 4.47. The van der Waals surface area contributed by atoms with Gasteiger partial charge >= 0.3 is 5.97 Å². The maximum Gasteiger partial charge on any atom is 0.309 e. The number of aliphatic carboxylic acids is 1. The molecule has 1 aliphatic carbocycles. The van der Waals surface area contributed by atoms with E-state index in [1.165, 1.54) is 0 Å². The van der Waals surface area contributed by atoms with Crippen LogP contribution in [0.4, 0.5) is 0 Å². The standard InChI is InChI=1S/C11H14N2O2/c1-2-3-4-10(9(14)15)5-7-11(8-6-10)12-13-11/h1H,3-8H2,(H,14,15). The van der Waals surface area contributed by atoms with E-state index in [0.29, 0.717) is 25.7 Å². The molecule has 1 saturated carbocycles. The minimum atomic E-state index is -0.715.